The molecule has 0 radical (unpaired) electrons. The molecule has 15 heavy (non-hydrogen) atoms. The van der Waals surface area contributed by atoms with E-state index in [1.807, 2.05) is 6.20 Å². The third-order valence-corrected chi connectivity index (χ3v) is 3.53. The predicted molar refractivity (Wildman–Crippen MR) is 62.9 cm³/mol. The maximum Gasteiger partial charge on any atom is 0.0704 e. The first-order valence-corrected chi connectivity index (χ1v) is 5.74. The molecule has 76 valence electrons. The highest BCUT2D eigenvalue weighted by Crippen LogP contribution is 2.50. The second-order valence-corrected chi connectivity index (χ2v) is 4.43. The Morgan fingerprint density at radius 1 is 1.27 bits per heavy atom. The standard InChI is InChI=1S/C14H15N/c1-2-10-9-13(10)11-7-8-15-14-6-4-3-5-12(11)14/h3-8,10,13H,2,9H2,1H3/t10-,13-/m0/s1. The Bertz CT molecular complexity index is 484. The van der Waals surface area contributed by atoms with Crippen LogP contribution in [0.25, 0.3) is 10.9 Å². The minimum absolute atomic E-state index is 0.794. The lowest BCUT2D eigenvalue weighted by Gasteiger charge is -2.04. The molecular formula is C14H15N. The highest BCUT2D eigenvalue weighted by atomic mass is 14.6. The Labute approximate surface area is 90.2 Å². The molecule has 1 heteroatoms. The van der Waals surface area contributed by atoms with E-state index < -0.39 is 0 Å². The van der Waals surface area contributed by atoms with Gasteiger partial charge >= 0.3 is 0 Å². The highest BCUT2D eigenvalue weighted by molar-refractivity contribution is 5.82. The lowest BCUT2D eigenvalue weighted by molar-refractivity contribution is 0.768. The average Bonchev–Trinajstić information content (AvgIpc) is 3.07. The summed E-state index contributed by atoms with van der Waals surface area (Å²) < 4.78 is 0. The van der Waals surface area contributed by atoms with Gasteiger partial charge in [0, 0.05) is 11.6 Å². The number of aromatic nitrogens is 1. The second kappa shape index (κ2) is 3.34. The summed E-state index contributed by atoms with van der Waals surface area (Å²) in [6.45, 7) is 2.29. The van der Waals surface area contributed by atoms with E-state index in [2.05, 4.69) is 42.2 Å². The van der Waals surface area contributed by atoms with E-state index >= 15 is 0 Å². The zero-order chi connectivity index (χ0) is 10.3. The van der Waals surface area contributed by atoms with E-state index in [4.69, 9.17) is 0 Å². The number of para-hydroxylation sites is 1. The summed E-state index contributed by atoms with van der Waals surface area (Å²) in [5.74, 6) is 1.71. The van der Waals surface area contributed by atoms with Gasteiger partial charge < -0.3 is 0 Å². The van der Waals surface area contributed by atoms with Crippen LogP contribution in [0.2, 0.25) is 0 Å². The van der Waals surface area contributed by atoms with E-state index in [0.717, 1.165) is 17.4 Å². The number of benzene rings is 1. The molecule has 2 aromatic rings. The van der Waals surface area contributed by atoms with Gasteiger partial charge in [-0.1, -0.05) is 31.5 Å². The molecule has 2 atom stereocenters. The number of fused-ring (bicyclic) bond motifs is 1. The zero-order valence-electron chi connectivity index (χ0n) is 8.98. The van der Waals surface area contributed by atoms with E-state index in [1.54, 1.807) is 0 Å². The van der Waals surface area contributed by atoms with Crippen LogP contribution in [0.4, 0.5) is 0 Å². The van der Waals surface area contributed by atoms with Gasteiger partial charge in [-0.3, -0.25) is 4.98 Å². The lowest BCUT2D eigenvalue weighted by Crippen LogP contribution is -1.87. The Kier molecular flexibility index (Phi) is 1.98. The van der Waals surface area contributed by atoms with Gasteiger partial charge in [-0.15, -0.1) is 0 Å². The molecule has 1 heterocycles. The molecule has 0 bridgehead atoms. The lowest BCUT2D eigenvalue weighted by atomic mass is 10.0. The van der Waals surface area contributed by atoms with E-state index in [-0.39, 0.29) is 0 Å². The number of hydrogen-bond acceptors (Lipinski definition) is 1. The normalized spacial score (nSPS) is 24.3. The zero-order valence-corrected chi connectivity index (χ0v) is 8.98. The van der Waals surface area contributed by atoms with Crippen molar-refractivity contribution in [1.82, 2.24) is 4.98 Å². The van der Waals surface area contributed by atoms with Crippen molar-refractivity contribution in [3.05, 3.63) is 42.1 Å². The molecule has 0 aliphatic heterocycles. The summed E-state index contributed by atoms with van der Waals surface area (Å²) in [7, 11) is 0. The predicted octanol–water partition coefficient (Wildman–Crippen LogP) is 3.75. The molecule has 1 aliphatic carbocycles. The number of nitrogens with zero attached hydrogens (tertiary/aromatic N) is 1. The Balaban J connectivity index is 2.11. The van der Waals surface area contributed by atoms with Gasteiger partial charge in [-0.25, -0.2) is 0 Å². The van der Waals surface area contributed by atoms with Crippen LogP contribution in [0.15, 0.2) is 36.5 Å². The number of hydrogen-bond donors (Lipinski definition) is 0. The van der Waals surface area contributed by atoms with E-state index in [9.17, 15) is 0 Å². The molecule has 0 spiro atoms. The highest BCUT2D eigenvalue weighted by Gasteiger charge is 2.37. The first kappa shape index (κ1) is 8.90. The van der Waals surface area contributed by atoms with E-state index in [1.165, 1.54) is 23.8 Å². The van der Waals surface area contributed by atoms with Gasteiger partial charge in [0.1, 0.15) is 0 Å². The van der Waals surface area contributed by atoms with Crippen molar-refractivity contribution in [2.24, 2.45) is 5.92 Å². The van der Waals surface area contributed by atoms with Crippen LogP contribution in [0, 0.1) is 5.92 Å². The van der Waals surface area contributed by atoms with Gasteiger partial charge in [0.2, 0.25) is 0 Å². The van der Waals surface area contributed by atoms with Crippen LogP contribution in [-0.2, 0) is 0 Å². The van der Waals surface area contributed by atoms with Crippen molar-refractivity contribution in [3.8, 4) is 0 Å². The Morgan fingerprint density at radius 2 is 2.13 bits per heavy atom. The minimum Gasteiger partial charge on any atom is -0.256 e. The fourth-order valence-electron chi connectivity index (χ4n) is 2.52. The van der Waals surface area contributed by atoms with Crippen molar-refractivity contribution < 1.29 is 0 Å². The number of pyridine rings is 1. The smallest absolute Gasteiger partial charge is 0.0704 e. The Hall–Kier alpha value is -1.37. The molecule has 3 rings (SSSR count). The Morgan fingerprint density at radius 3 is 2.93 bits per heavy atom. The molecule has 0 N–H and O–H groups in total. The summed E-state index contributed by atoms with van der Waals surface area (Å²) in [4.78, 5) is 4.40. The maximum atomic E-state index is 4.40. The first-order chi connectivity index (χ1) is 7.40. The van der Waals surface area contributed by atoms with E-state index in [0.29, 0.717) is 0 Å². The molecule has 0 amide bonds. The van der Waals surface area contributed by atoms with Crippen molar-refractivity contribution in [3.63, 3.8) is 0 Å². The third-order valence-electron chi connectivity index (χ3n) is 3.53. The summed E-state index contributed by atoms with van der Waals surface area (Å²) in [5.41, 5.74) is 2.64. The van der Waals surface area contributed by atoms with Crippen LogP contribution in [-0.4, -0.2) is 4.98 Å². The van der Waals surface area contributed by atoms with Gasteiger partial charge in [-0.05, 0) is 36.0 Å². The molecule has 1 fully saturated rings. The molecule has 1 saturated carbocycles. The van der Waals surface area contributed by atoms with Gasteiger partial charge in [0.25, 0.3) is 0 Å². The molecule has 1 aliphatic rings. The molecule has 0 saturated heterocycles. The van der Waals surface area contributed by atoms with Crippen molar-refractivity contribution in [2.45, 2.75) is 25.7 Å². The molecule has 0 unspecified atom stereocenters. The van der Waals surface area contributed by atoms with Crippen molar-refractivity contribution in [2.75, 3.05) is 0 Å². The fraction of sp³-hybridized carbons (Fsp3) is 0.357. The monoisotopic (exact) mass is 197 g/mol. The second-order valence-electron chi connectivity index (χ2n) is 4.43. The topological polar surface area (TPSA) is 12.9 Å². The molecular weight excluding hydrogens is 182 g/mol. The van der Waals surface area contributed by atoms with Crippen molar-refractivity contribution in [1.29, 1.82) is 0 Å². The third kappa shape index (κ3) is 1.43. The minimum atomic E-state index is 0.794. The van der Waals surface area contributed by atoms with Crippen LogP contribution in [0.3, 0.4) is 0 Å². The van der Waals surface area contributed by atoms with Crippen LogP contribution in [0.1, 0.15) is 31.2 Å². The van der Waals surface area contributed by atoms with Gasteiger partial charge in [-0.2, -0.15) is 0 Å². The quantitative estimate of drug-likeness (QED) is 0.714. The largest absolute Gasteiger partial charge is 0.256 e. The maximum absolute atomic E-state index is 4.40. The van der Waals surface area contributed by atoms with Gasteiger partial charge in [0.15, 0.2) is 0 Å². The summed E-state index contributed by atoms with van der Waals surface area (Å²) in [5, 5.41) is 1.35. The SMILES string of the molecule is CC[C@H]1C[C@@H]1c1ccnc2ccccc12. The summed E-state index contributed by atoms with van der Waals surface area (Å²) in [6, 6.07) is 10.7. The van der Waals surface area contributed by atoms with Crippen LogP contribution < -0.4 is 0 Å². The average molecular weight is 197 g/mol. The molecule has 1 nitrogen and oxygen atoms in total. The first-order valence-electron chi connectivity index (χ1n) is 5.74. The van der Waals surface area contributed by atoms with Crippen molar-refractivity contribution >= 4 is 10.9 Å². The molecule has 1 aromatic carbocycles. The fourth-order valence-corrected chi connectivity index (χ4v) is 2.52. The summed E-state index contributed by atoms with van der Waals surface area (Å²) >= 11 is 0. The summed E-state index contributed by atoms with van der Waals surface area (Å²) in [6.07, 6.45) is 4.62. The molecule has 1 aromatic heterocycles. The van der Waals surface area contributed by atoms with Gasteiger partial charge in [0.05, 0.1) is 5.52 Å². The van der Waals surface area contributed by atoms with Crippen LogP contribution in [0.5, 0.6) is 0 Å². The van der Waals surface area contributed by atoms with Crippen LogP contribution >= 0.6 is 0 Å². The number of rotatable bonds is 2.